The van der Waals surface area contributed by atoms with E-state index >= 15 is 0 Å². The zero-order chi connectivity index (χ0) is 7.56. The van der Waals surface area contributed by atoms with E-state index in [1.165, 1.54) is 16.7 Å². The Labute approximate surface area is 61.9 Å². The largest absolute Gasteiger partial charge is 0.404 e. The fourth-order valence-electron chi connectivity index (χ4n) is 1.06. The lowest BCUT2D eigenvalue weighted by atomic mass is 10.1. The van der Waals surface area contributed by atoms with Gasteiger partial charge in [-0.25, -0.2) is 0 Å². The monoisotopic (exact) mass is 135 g/mol. The van der Waals surface area contributed by atoms with E-state index in [2.05, 4.69) is 13.5 Å². The van der Waals surface area contributed by atoms with Crippen LogP contribution in [0.4, 0.5) is 0 Å². The van der Waals surface area contributed by atoms with Gasteiger partial charge in [-0.2, -0.15) is 0 Å². The van der Waals surface area contributed by atoms with Gasteiger partial charge in [0.15, 0.2) is 0 Å². The molecule has 1 aliphatic rings. The summed E-state index contributed by atoms with van der Waals surface area (Å²) in [5, 5.41) is 0. The zero-order valence-electron chi connectivity index (χ0n) is 6.35. The highest BCUT2D eigenvalue weighted by Gasteiger charge is 2.18. The van der Waals surface area contributed by atoms with E-state index in [0.717, 1.165) is 12.8 Å². The fraction of sp³-hybridized carbons (Fsp3) is 0.333. The lowest BCUT2D eigenvalue weighted by Gasteiger charge is -1.94. The molecule has 0 spiro atoms. The summed E-state index contributed by atoms with van der Waals surface area (Å²) in [6.45, 7) is 5.81. The van der Waals surface area contributed by atoms with Crippen molar-refractivity contribution in [2.75, 3.05) is 0 Å². The van der Waals surface area contributed by atoms with Crippen molar-refractivity contribution in [2.45, 2.75) is 19.8 Å². The van der Waals surface area contributed by atoms with Crippen molar-refractivity contribution in [1.82, 2.24) is 0 Å². The topological polar surface area (TPSA) is 26.0 Å². The third-order valence-electron chi connectivity index (χ3n) is 1.79. The molecule has 54 valence electrons. The Kier molecular flexibility index (Phi) is 1.95. The van der Waals surface area contributed by atoms with Crippen LogP contribution in [0, 0.1) is 0 Å². The number of nitrogens with two attached hydrogens (primary N) is 1. The summed E-state index contributed by atoms with van der Waals surface area (Å²) >= 11 is 0. The van der Waals surface area contributed by atoms with Gasteiger partial charge in [-0.3, -0.25) is 0 Å². The first-order valence-electron chi connectivity index (χ1n) is 3.50. The first-order chi connectivity index (χ1) is 4.79. The highest BCUT2D eigenvalue weighted by molar-refractivity contribution is 5.49. The van der Waals surface area contributed by atoms with E-state index in [1.54, 1.807) is 6.20 Å². The minimum Gasteiger partial charge on any atom is -0.404 e. The van der Waals surface area contributed by atoms with Gasteiger partial charge in [0.1, 0.15) is 0 Å². The molecule has 2 N–H and O–H groups in total. The minimum absolute atomic E-state index is 0.906. The Hall–Kier alpha value is -0.980. The van der Waals surface area contributed by atoms with Crippen LogP contribution in [0.2, 0.25) is 0 Å². The maximum atomic E-state index is 5.42. The van der Waals surface area contributed by atoms with Crippen LogP contribution in [0.5, 0.6) is 0 Å². The van der Waals surface area contributed by atoms with Crippen molar-refractivity contribution >= 4 is 0 Å². The van der Waals surface area contributed by atoms with Gasteiger partial charge in [0, 0.05) is 0 Å². The SMILES string of the molecule is C=CC/C(=C/N)C1=C(C)C1. The quantitative estimate of drug-likeness (QED) is 0.589. The summed E-state index contributed by atoms with van der Waals surface area (Å²) in [6.07, 6.45) is 5.63. The Morgan fingerprint density at radius 2 is 2.40 bits per heavy atom. The lowest BCUT2D eigenvalue weighted by Crippen LogP contribution is -1.85. The molecular weight excluding hydrogens is 122 g/mol. The first-order valence-corrected chi connectivity index (χ1v) is 3.50. The second-order valence-electron chi connectivity index (χ2n) is 2.62. The molecule has 0 heterocycles. The average molecular weight is 135 g/mol. The van der Waals surface area contributed by atoms with E-state index in [4.69, 9.17) is 5.73 Å². The van der Waals surface area contributed by atoms with Crippen LogP contribution in [0.1, 0.15) is 19.8 Å². The van der Waals surface area contributed by atoms with Crippen molar-refractivity contribution in [2.24, 2.45) is 5.73 Å². The van der Waals surface area contributed by atoms with E-state index in [0.29, 0.717) is 0 Å². The molecule has 1 heteroatoms. The third kappa shape index (κ3) is 1.29. The highest BCUT2D eigenvalue weighted by Crippen LogP contribution is 2.37. The average Bonchev–Trinajstić information content (AvgIpc) is 2.62. The second kappa shape index (κ2) is 2.74. The molecule has 0 saturated heterocycles. The fourth-order valence-corrected chi connectivity index (χ4v) is 1.06. The van der Waals surface area contributed by atoms with Crippen LogP contribution < -0.4 is 5.73 Å². The van der Waals surface area contributed by atoms with Gasteiger partial charge in [0.25, 0.3) is 0 Å². The number of hydrogen-bond acceptors (Lipinski definition) is 1. The van der Waals surface area contributed by atoms with E-state index in [-0.39, 0.29) is 0 Å². The van der Waals surface area contributed by atoms with Crippen LogP contribution in [0.15, 0.2) is 35.6 Å². The summed E-state index contributed by atoms with van der Waals surface area (Å²) in [6, 6.07) is 0. The Morgan fingerprint density at radius 3 is 2.70 bits per heavy atom. The van der Waals surface area contributed by atoms with Crippen molar-refractivity contribution in [3.05, 3.63) is 35.6 Å². The maximum absolute atomic E-state index is 5.42. The number of hydrogen-bond donors (Lipinski definition) is 1. The Balaban J connectivity index is 2.60. The molecule has 1 aliphatic carbocycles. The summed E-state index contributed by atoms with van der Waals surface area (Å²) in [4.78, 5) is 0. The summed E-state index contributed by atoms with van der Waals surface area (Å²) in [7, 11) is 0. The predicted molar refractivity (Wildman–Crippen MR) is 44.4 cm³/mol. The molecule has 10 heavy (non-hydrogen) atoms. The standard InChI is InChI=1S/C9H13N/c1-3-4-8(6-10)9-5-7(9)2/h3,6H,1,4-5,10H2,2H3/b8-6-. The molecule has 0 aromatic carbocycles. The van der Waals surface area contributed by atoms with Crippen LogP contribution in [-0.2, 0) is 0 Å². The van der Waals surface area contributed by atoms with Crippen LogP contribution >= 0.6 is 0 Å². The zero-order valence-corrected chi connectivity index (χ0v) is 6.35. The molecule has 0 aliphatic heterocycles. The van der Waals surface area contributed by atoms with Gasteiger partial charge < -0.3 is 5.73 Å². The molecule has 0 fully saturated rings. The van der Waals surface area contributed by atoms with Gasteiger partial charge in [0.2, 0.25) is 0 Å². The Bertz CT molecular complexity index is 209. The summed E-state index contributed by atoms with van der Waals surface area (Å²) in [5.74, 6) is 0. The smallest absolute Gasteiger partial charge is 0.00236 e. The highest BCUT2D eigenvalue weighted by atomic mass is 14.5. The summed E-state index contributed by atoms with van der Waals surface area (Å²) in [5.41, 5.74) is 9.56. The number of rotatable bonds is 3. The van der Waals surface area contributed by atoms with E-state index in [9.17, 15) is 0 Å². The van der Waals surface area contributed by atoms with Crippen LogP contribution in [-0.4, -0.2) is 0 Å². The molecule has 0 amide bonds. The van der Waals surface area contributed by atoms with Crippen LogP contribution in [0.25, 0.3) is 0 Å². The molecule has 1 nitrogen and oxygen atoms in total. The van der Waals surface area contributed by atoms with Crippen LogP contribution in [0.3, 0.4) is 0 Å². The van der Waals surface area contributed by atoms with Gasteiger partial charge >= 0.3 is 0 Å². The molecule has 0 radical (unpaired) electrons. The molecule has 0 saturated carbocycles. The van der Waals surface area contributed by atoms with Gasteiger partial charge in [-0.15, -0.1) is 6.58 Å². The minimum atomic E-state index is 0.906. The summed E-state index contributed by atoms with van der Waals surface area (Å²) < 4.78 is 0. The molecular formula is C9H13N. The van der Waals surface area contributed by atoms with Gasteiger partial charge in [-0.1, -0.05) is 11.6 Å². The van der Waals surface area contributed by atoms with Crippen molar-refractivity contribution in [3.63, 3.8) is 0 Å². The maximum Gasteiger partial charge on any atom is -0.00236 e. The third-order valence-corrected chi connectivity index (χ3v) is 1.79. The normalized spacial score (nSPS) is 17.5. The van der Waals surface area contributed by atoms with E-state index in [1.807, 2.05) is 6.08 Å². The molecule has 1 rings (SSSR count). The molecule has 0 aromatic rings. The number of allylic oxidation sites excluding steroid dienone is 4. The molecule has 0 unspecified atom stereocenters. The van der Waals surface area contributed by atoms with Gasteiger partial charge in [-0.05, 0) is 37.1 Å². The molecule has 0 aromatic heterocycles. The predicted octanol–water partition coefficient (Wildman–Crippen LogP) is 2.13. The van der Waals surface area contributed by atoms with E-state index < -0.39 is 0 Å². The van der Waals surface area contributed by atoms with Crippen molar-refractivity contribution in [1.29, 1.82) is 0 Å². The lowest BCUT2D eigenvalue weighted by molar-refractivity contribution is 1.22. The molecule has 0 atom stereocenters. The van der Waals surface area contributed by atoms with Crippen molar-refractivity contribution in [3.8, 4) is 0 Å². The van der Waals surface area contributed by atoms with Gasteiger partial charge in [0.05, 0.1) is 0 Å². The second-order valence-corrected chi connectivity index (χ2v) is 2.62. The first kappa shape index (κ1) is 7.13. The Morgan fingerprint density at radius 1 is 1.80 bits per heavy atom. The van der Waals surface area contributed by atoms with Crippen molar-refractivity contribution < 1.29 is 0 Å². The molecule has 0 bridgehead atoms.